The van der Waals surface area contributed by atoms with Crippen LogP contribution in [0.1, 0.15) is 42.3 Å². The third-order valence-corrected chi connectivity index (χ3v) is 2.70. The second-order valence-electron chi connectivity index (χ2n) is 5.74. The largest absolute Gasteiger partial charge is 0.456 e. The summed E-state index contributed by atoms with van der Waals surface area (Å²) in [6, 6.07) is 11.2. The summed E-state index contributed by atoms with van der Waals surface area (Å²) in [6.45, 7) is 5.57. The normalized spacial score (nSPS) is 11.6. The van der Waals surface area contributed by atoms with Gasteiger partial charge < -0.3 is 4.74 Å². The standard InChI is InChI=1S/C18H19NO2/c1-18(2,3)21-17(20)16-10-8-14(9-11-16)6-7-15-5-4-12-19-13-15/h4-13H,1-3H3. The summed E-state index contributed by atoms with van der Waals surface area (Å²) in [7, 11) is 0. The van der Waals surface area contributed by atoms with E-state index in [0.29, 0.717) is 5.56 Å². The van der Waals surface area contributed by atoms with Gasteiger partial charge >= 0.3 is 5.97 Å². The predicted octanol–water partition coefficient (Wildman–Crippen LogP) is 4.21. The molecule has 0 aliphatic rings. The molecule has 0 bridgehead atoms. The molecule has 0 unspecified atom stereocenters. The summed E-state index contributed by atoms with van der Waals surface area (Å²) in [4.78, 5) is 16.0. The van der Waals surface area contributed by atoms with Crippen molar-refractivity contribution in [1.82, 2.24) is 4.98 Å². The van der Waals surface area contributed by atoms with Gasteiger partial charge in [-0.2, -0.15) is 0 Å². The van der Waals surface area contributed by atoms with Gasteiger partial charge in [0.15, 0.2) is 0 Å². The van der Waals surface area contributed by atoms with Crippen LogP contribution < -0.4 is 0 Å². The van der Waals surface area contributed by atoms with Crippen LogP contribution in [0.5, 0.6) is 0 Å². The minimum atomic E-state index is -0.476. The van der Waals surface area contributed by atoms with Crippen LogP contribution in [0, 0.1) is 0 Å². The lowest BCUT2D eigenvalue weighted by Crippen LogP contribution is -2.23. The van der Waals surface area contributed by atoms with Crippen molar-refractivity contribution in [3.05, 3.63) is 65.5 Å². The van der Waals surface area contributed by atoms with Crippen molar-refractivity contribution in [3.63, 3.8) is 0 Å². The Morgan fingerprint density at radius 1 is 1.05 bits per heavy atom. The Balaban J connectivity index is 2.06. The smallest absolute Gasteiger partial charge is 0.338 e. The molecule has 0 radical (unpaired) electrons. The highest BCUT2D eigenvalue weighted by Crippen LogP contribution is 2.14. The molecule has 2 rings (SSSR count). The molecule has 1 aromatic heterocycles. The molecule has 0 saturated heterocycles. The quantitative estimate of drug-likeness (QED) is 0.791. The molecule has 1 heterocycles. The highest BCUT2D eigenvalue weighted by Gasteiger charge is 2.17. The number of carbonyl (C=O) groups is 1. The first kappa shape index (κ1) is 15.0. The second kappa shape index (κ2) is 6.35. The van der Waals surface area contributed by atoms with Gasteiger partial charge in [0.05, 0.1) is 5.56 Å². The molecule has 1 aromatic carbocycles. The van der Waals surface area contributed by atoms with Crippen molar-refractivity contribution in [2.75, 3.05) is 0 Å². The average molecular weight is 281 g/mol. The highest BCUT2D eigenvalue weighted by atomic mass is 16.6. The molecule has 0 N–H and O–H groups in total. The molecule has 0 fully saturated rings. The number of aromatic nitrogens is 1. The summed E-state index contributed by atoms with van der Waals surface area (Å²) >= 11 is 0. The second-order valence-corrected chi connectivity index (χ2v) is 5.74. The summed E-state index contributed by atoms with van der Waals surface area (Å²) in [5.74, 6) is -0.301. The molecule has 3 heteroatoms. The van der Waals surface area contributed by atoms with E-state index in [9.17, 15) is 4.79 Å². The minimum absolute atomic E-state index is 0.301. The Hall–Kier alpha value is -2.42. The number of nitrogens with zero attached hydrogens (tertiary/aromatic N) is 1. The van der Waals surface area contributed by atoms with Gasteiger partial charge in [-0.3, -0.25) is 4.98 Å². The molecule has 0 amide bonds. The number of benzene rings is 1. The van der Waals surface area contributed by atoms with Gasteiger partial charge in [-0.15, -0.1) is 0 Å². The highest BCUT2D eigenvalue weighted by molar-refractivity contribution is 5.90. The van der Waals surface area contributed by atoms with E-state index in [4.69, 9.17) is 4.74 Å². The van der Waals surface area contributed by atoms with Crippen molar-refractivity contribution >= 4 is 18.1 Å². The molecule has 108 valence electrons. The van der Waals surface area contributed by atoms with E-state index in [0.717, 1.165) is 11.1 Å². The lowest BCUT2D eigenvalue weighted by Gasteiger charge is -2.19. The SMILES string of the molecule is CC(C)(C)OC(=O)c1ccc(C=Cc2cccnc2)cc1. The first-order valence-electron chi connectivity index (χ1n) is 6.85. The molecule has 21 heavy (non-hydrogen) atoms. The van der Waals surface area contributed by atoms with Gasteiger partial charge in [-0.25, -0.2) is 4.79 Å². The van der Waals surface area contributed by atoms with Crippen LogP contribution in [0.15, 0.2) is 48.8 Å². The zero-order valence-electron chi connectivity index (χ0n) is 12.5. The maximum atomic E-state index is 11.9. The van der Waals surface area contributed by atoms with Crippen LogP contribution in [0.3, 0.4) is 0 Å². The van der Waals surface area contributed by atoms with Crippen molar-refractivity contribution < 1.29 is 9.53 Å². The summed E-state index contributed by atoms with van der Waals surface area (Å²) in [5, 5.41) is 0. The number of esters is 1. The monoisotopic (exact) mass is 281 g/mol. The number of hydrogen-bond donors (Lipinski definition) is 0. The van der Waals surface area contributed by atoms with Crippen LogP contribution in [-0.4, -0.2) is 16.6 Å². The topological polar surface area (TPSA) is 39.2 Å². The molecule has 0 aliphatic carbocycles. The van der Waals surface area contributed by atoms with Gasteiger partial charge in [0.25, 0.3) is 0 Å². The molecule has 3 nitrogen and oxygen atoms in total. The lowest BCUT2D eigenvalue weighted by atomic mass is 10.1. The van der Waals surface area contributed by atoms with Gasteiger partial charge in [0.2, 0.25) is 0 Å². The first-order chi connectivity index (χ1) is 9.94. The van der Waals surface area contributed by atoms with E-state index in [1.807, 2.05) is 57.2 Å². The lowest BCUT2D eigenvalue weighted by molar-refractivity contribution is 0.00695. The average Bonchev–Trinajstić information content (AvgIpc) is 2.45. The third kappa shape index (κ3) is 4.88. The fourth-order valence-electron chi connectivity index (χ4n) is 1.73. The zero-order valence-corrected chi connectivity index (χ0v) is 12.5. The molecule has 2 aromatic rings. The first-order valence-corrected chi connectivity index (χ1v) is 6.85. The van der Waals surface area contributed by atoms with Crippen molar-refractivity contribution in [1.29, 1.82) is 0 Å². The maximum Gasteiger partial charge on any atom is 0.338 e. The fraction of sp³-hybridized carbons (Fsp3) is 0.222. The Kier molecular flexibility index (Phi) is 4.53. The number of ether oxygens (including phenoxy) is 1. The van der Waals surface area contributed by atoms with Gasteiger partial charge in [0, 0.05) is 12.4 Å². The number of carbonyl (C=O) groups excluding carboxylic acids is 1. The van der Waals surface area contributed by atoms with Crippen LogP contribution in [0.4, 0.5) is 0 Å². The van der Waals surface area contributed by atoms with E-state index in [2.05, 4.69) is 4.98 Å². The van der Waals surface area contributed by atoms with Crippen molar-refractivity contribution in [2.45, 2.75) is 26.4 Å². The predicted molar refractivity (Wildman–Crippen MR) is 84.8 cm³/mol. The third-order valence-electron chi connectivity index (χ3n) is 2.70. The number of hydrogen-bond acceptors (Lipinski definition) is 3. The van der Waals surface area contributed by atoms with Gasteiger partial charge in [-0.1, -0.05) is 30.4 Å². The summed E-state index contributed by atoms with van der Waals surface area (Å²) in [5.41, 5.74) is 2.14. The Morgan fingerprint density at radius 2 is 1.71 bits per heavy atom. The van der Waals surface area contributed by atoms with Crippen LogP contribution in [0.25, 0.3) is 12.2 Å². The molecular formula is C18H19NO2. The van der Waals surface area contributed by atoms with Crippen LogP contribution in [-0.2, 0) is 4.74 Å². The summed E-state index contributed by atoms with van der Waals surface area (Å²) in [6.07, 6.45) is 7.50. The van der Waals surface area contributed by atoms with E-state index < -0.39 is 5.60 Å². The number of rotatable bonds is 3. The van der Waals surface area contributed by atoms with Gasteiger partial charge in [-0.05, 0) is 50.1 Å². The Morgan fingerprint density at radius 3 is 2.29 bits per heavy atom. The Labute approximate surface area is 125 Å². The summed E-state index contributed by atoms with van der Waals surface area (Å²) < 4.78 is 5.33. The van der Waals surface area contributed by atoms with E-state index >= 15 is 0 Å². The molecule has 0 aliphatic heterocycles. The van der Waals surface area contributed by atoms with Crippen LogP contribution >= 0.6 is 0 Å². The van der Waals surface area contributed by atoms with E-state index in [-0.39, 0.29) is 5.97 Å². The molecular weight excluding hydrogens is 262 g/mol. The van der Waals surface area contributed by atoms with Gasteiger partial charge in [0.1, 0.15) is 5.60 Å². The Bertz CT molecular complexity index is 623. The van der Waals surface area contributed by atoms with Crippen LogP contribution in [0.2, 0.25) is 0 Å². The minimum Gasteiger partial charge on any atom is -0.456 e. The van der Waals surface area contributed by atoms with E-state index in [1.165, 1.54) is 0 Å². The molecule has 0 saturated carbocycles. The number of pyridine rings is 1. The van der Waals surface area contributed by atoms with Crippen molar-refractivity contribution in [3.8, 4) is 0 Å². The maximum absolute atomic E-state index is 11.9. The molecule has 0 atom stereocenters. The van der Waals surface area contributed by atoms with Crippen molar-refractivity contribution in [2.24, 2.45) is 0 Å². The fourth-order valence-corrected chi connectivity index (χ4v) is 1.73. The zero-order chi connectivity index (χ0) is 15.3. The van der Waals surface area contributed by atoms with E-state index in [1.54, 1.807) is 24.5 Å². The molecule has 0 spiro atoms.